The van der Waals surface area contributed by atoms with E-state index in [2.05, 4.69) is 34.5 Å². The van der Waals surface area contributed by atoms with Crippen LogP contribution >= 0.6 is 22.6 Å². The second kappa shape index (κ2) is 4.72. The van der Waals surface area contributed by atoms with Crippen LogP contribution in [0.5, 0.6) is 0 Å². The van der Waals surface area contributed by atoms with Crippen molar-refractivity contribution in [1.29, 1.82) is 0 Å². The molecule has 0 saturated heterocycles. The quantitative estimate of drug-likeness (QED) is 0.620. The molecule has 1 heterocycles. The molecule has 1 aromatic rings. The average molecular weight is 304 g/mol. The summed E-state index contributed by atoms with van der Waals surface area (Å²) >= 11 is 2.29. The topological polar surface area (TPSA) is 33.2 Å². The first-order chi connectivity index (χ1) is 6.52. The van der Waals surface area contributed by atoms with Crippen LogP contribution in [0.25, 0.3) is 0 Å². The smallest absolute Gasteiger partial charge is 0.254 e. The lowest BCUT2D eigenvalue weighted by Crippen LogP contribution is -2.21. The number of nitrogens with zero attached hydrogens (tertiary/aromatic N) is 2. The molecule has 1 aromatic heterocycles. The first-order valence-electron chi connectivity index (χ1n) is 4.34. The molecule has 1 unspecified atom stereocenters. The van der Waals surface area contributed by atoms with E-state index in [0.717, 1.165) is 5.69 Å². The molecule has 1 rings (SSSR count). The Kier molecular flexibility index (Phi) is 3.86. The molecule has 0 bridgehead atoms. The van der Waals surface area contributed by atoms with E-state index >= 15 is 0 Å². The molecule has 76 valence electrons. The van der Waals surface area contributed by atoms with Gasteiger partial charge in [0.2, 0.25) is 0 Å². The van der Waals surface area contributed by atoms with Gasteiger partial charge in [-0.15, -0.1) is 0 Å². The summed E-state index contributed by atoms with van der Waals surface area (Å²) in [6.07, 6.45) is 1.63. The van der Waals surface area contributed by atoms with Crippen molar-refractivity contribution in [2.45, 2.75) is 10.8 Å². The van der Waals surface area contributed by atoms with Gasteiger partial charge < -0.3 is 4.90 Å². The second-order valence-electron chi connectivity index (χ2n) is 3.29. The van der Waals surface area contributed by atoms with Gasteiger partial charge in [0.05, 0.1) is 15.2 Å². The Labute approximate surface area is 97.7 Å². The minimum absolute atomic E-state index is 0.00911. The van der Waals surface area contributed by atoms with Gasteiger partial charge in [0.1, 0.15) is 0 Å². The molecule has 1 amide bonds. The summed E-state index contributed by atoms with van der Waals surface area (Å²) in [5.41, 5.74) is 1.64. The molecule has 0 fully saturated rings. The number of rotatable bonds is 2. The van der Waals surface area contributed by atoms with Gasteiger partial charge >= 0.3 is 0 Å². The summed E-state index contributed by atoms with van der Waals surface area (Å²) < 4.78 is 0.371. The highest BCUT2D eigenvalue weighted by atomic mass is 127. The molecule has 3 nitrogen and oxygen atoms in total. The lowest BCUT2D eigenvalue weighted by Gasteiger charge is -2.10. The zero-order valence-corrected chi connectivity index (χ0v) is 10.6. The van der Waals surface area contributed by atoms with Crippen molar-refractivity contribution in [1.82, 2.24) is 9.88 Å². The lowest BCUT2D eigenvalue weighted by molar-refractivity contribution is 0.0827. The Bertz CT molecular complexity index is 319. The number of carbonyl (C=O) groups is 1. The Morgan fingerprint density at radius 2 is 2.14 bits per heavy atom. The fourth-order valence-corrected chi connectivity index (χ4v) is 1.39. The first kappa shape index (κ1) is 11.4. The third-order valence-electron chi connectivity index (χ3n) is 1.85. The molecule has 0 spiro atoms. The Balaban J connectivity index is 2.89. The molecule has 0 N–H and O–H groups in total. The van der Waals surface area contributed by atoms with Gasteiger partial charge in [-0.1, -0.05) is 22.6 Å². The van der Waals surface area contributed by atoms with Crippen LogP contribution in [0.3, 0.4) is 0 Å². The summed E-state index contributed by atoms with van der Waals surface area (Å²) in [4.78, 5) is 17.3. The van der Waals surface area contributed by atoms with Crippen molar-refractivity contribution in [2.75, 3.05) is 14.1 Å². The lowest BCUT2D eigenvalue weighted by atomic mass is 10.2. The zero-order chi connectivity index (χ0) is 10.7. The maximum absolute atomic E-state index is 11.5. The standard InChI is InChI=1S/C10H13IN2O/c1-7(11)9-5-4-8(6-12-9)10(14)13(2)3/h4-7H,1-3H3. The fraction of sp³-hybridized carbons (Fsp3) is 0.400. The number of alkyl halides is 1. The van der Waals surface area contributed by atoms with E-state index in [1.165, 1.54) is 0 Å². The number of pyridine rings is 1. The number of hydrogen-bond donors (Lipinski definition) is 0. The largest absolute Gasteiger partial charge is 0.345 e. The first-order valence-corrected chi connectivity index (χ1v) is 5.58. The third-order valence-corrected chi connectivity index (χ3v) is 2.49. The van der Waals surface area contributed by atoms with Crippen molar-refractivity contribution < 1.29 is 4.79 Å². The molecule has 4 heteroatoms. The van der Waals surface area contributed by atoms with Gasteiger partial charge in [0.15, 0.2) is 0 Å². The monoisotopic (exact) mass is 304 g/mol. The van der Waals surface area contributed by atoms with Crippen LogP contribution in [0.4, 0.5) is 0 Å². The Morgan fingerprint density at radius 3 is 2.50 bits per heavy atom. The van der Waals surface area contributed by atoms with Crippen molar-refractivity contribution in [3.63, 3.8) is 0 Å². The van der Waals surface area contributed by atoms with E-state index in [1.807, 2.05) is 12.1 Å². The second-order valence-corrected chi connectivity index (χ2v) is 5.16. The Hall–Kier alpha value is -0.650. The molecular formula is C10H13IN2O. The van der Waals surface area contributed by atoms with E-state index < -0.39 is 0 Å². The highest BCUT2D eigenvalue weighted by Crippen LogP contribution is 2.19. The zero-order valence-electron chi connectivity index (χ0n) is 8.49. The minimum atomic E-state index is -0.00911. The maximum Gasteiger partial charge on any atom is 0.254 e. The van der Waals surface area contributed by atoms with Crippen LogP contribution in [0.1, 0.15) is 26.9 Å². The Morgan fingerprint density at radius 1 is 1.50 bits per heavy atom. The minimum Gasteiger partial charge on any atom is -0.345 e. The molecule has 14 heavy (non-hydrogen) atoms. The van der Waals surface area contributed by atoms with Crippen molar-refractivity contribution >= 4 is 28.5 Å². The van der Waals surface area contributed by atoms with Gasteiger partial charge in [-0.05, 0) is 19.1 Å². The van der Waals surface area contributed by atoms with E-state index in [-0.39, 0.29) is 5.91 Å². The van der Waals surface area contributed by atoms with Crippen molar-refractivity contribution in [3.8, 4) is 0 Å². The predicted octanol–water partition coefficient (Wildman–Crippen LogP) is 2.28. The number of amides is 1. The molecule has 0 saturated carbocycles. The third kappa shape index (κ3) is 2.67. The number of carbonyl (C=O) groups excluding carboxylic acids is 1. The number of aromatic nitrogens is 1. The predicted molar refractivity (Wildman–Crippen MR) is 64.7 cm³/mol. The van der Waals surface area contributed by atoms with Crippen LogP contribution in [0.15, 0.2) is 18.3 Å². The van der Waals surface area contributed by atoms with E-state index in [1.54, 1.807) is 25.2 Å². The SMILES string of the molecule is CC(I)c1ccc(C(=O)N(C)C)cn1. The highest BCUT2D eigenvalue weighted by Gasteiger charge is 2.09. The molecule has 0 aliphatic rings. The number of halogens is 1. The van der Waals surface area contributed by atoms with Crippen LogP contribution < -0.4 is 0 Å². The summed E-state index contributed by atoms with van der Waals surface area (Å²) in [5, 5.41) is 0. The average Bonchev–Trinajstić information content (AvgIpc) is 2.16. The van der Waals surface area contributed by atoms with Crippen LogP contribution in [-0.2, 0) is 0 Å². The summed E-state index contributed by atoms with van der Waals surface area (Å²) in [7, 11) is 3.47. The van der Waals surface area contributed by atoms with E-state index in [4.69, 9.17) is 0 Å². The van der Waals surface area contributed by atoms with Gasteiger partial charge in [0.25, 0.3) is 5.91 Å². The molecule has 0 aliphatic carbocycles. The van der Waals surface area contributed by atoms with Crippen LogP contribution in [0.2, 0.25) is 0 Å². The summed E-state index contributed by atoms with van der Waals surface area (Å²) in [5.74, 6) is -0.00911. The van der Waals surface area contributed by atoms with E-state index in [9.17, 15) is 4.79 Å². The maximum atomic E-state index is 11.5. The molecule has 0 aromatic carbocycles. The fourth-order valence-electron chi connectivity index (χ4n) is 1.03. The van der Waals surface area contributed by atoms with Gasteiger partial charge in [-0.3, -0.25) is 9.78 Å². The van der Waals surface area contributed by atoms with Crippen LogP contribution in [-0.4, -0.2) is 29.9 Å². The number of hydrogen-bond acceptors (Lipinski definition) is 2. The van der Waals surface area contributed by atoms with Gasteiger partial charge in [-0.25, -0.2) is 0 Å². The van der Waals surface area contributed by atoms with Gasteiger partial charge in [-0.2, -0.15) is 0 Å². The van der Waals surface area contributed by atoms with Crippen LogP contribution in [0, 0.1) is 0 Å². The van der Waals surface area contributed by atoms with Gasteiger partial charge in [0, 0.05) is 20.3 Å². The van der Waals surface area contributed by atoms with Crippen molar-refractivity contribution in [3.05, 3.63) is 29.6 Å². The molecule has 0 radical (unpaired) electrons. The molecule has 1 atom stereocenters. The normalized spacial score (nSPS) is 12.3. The van der Waals surface area contributed by atoms with E-state index in [0.29, 0.717) is 9.49 Å². The van der Waals surface area contributed by atoms with Crippen molar-refractivity contribution in [2.24, 2.45) is 0 Å². The summed E-state index contributed by atoms with van der Waals surface area (Å²) in [6, 6.07) is 3.72. The highest BCUT2D eigenvalue weighted by molar-refractivity contribution is 14.1. The molecular weight excluding hydrogens is 291 g/mol. The summed E-state index contributed by atoms with van der Waals surface area (Å²) in [6.45, 7) is 2.07. The molecule has 0 aliphatic heterocycles.